The van der Waals surface area contributed by atoms with E-state index in [1.807, 2.05) is 29.8 Å². The molecule has 0 bridgehead atoms. The van der Waals surface area contributed by atoms with Crippen LogP contribution in [0.5, 0.6) is 0 Å². The summed E-state index contributed by atoms with van der Waals surface area (Å²) in [6, 6.07) is 8.19. The quantitative estimate of drug-likeness (QED) is 0.561. The van der Waals surface area contributed by atoms with Gasteiger partial charge in [0.2, 0.25) is 5.95 Å². The summed E-state index contributed by atoms with van der Waals surface area (Å²) in [5.41, 5.74) is 2.48. The Kier molecular flexibility index (Phi) is 4.10. The lowest BCUT2D eigenvalue weighted by molar-refractivity contribution is 0.700. The predicted octanol–water partition coefficient (Wildman–Crippen LogP) is 1.59. The molecule has 0 spiro atoms. The van der Waals surface area contributed by atoms with Crippen molar-refractivity contribution in [3.05, 3.63) is 56.9 Å². The Bertz CT molecular complexity index is 1260. The van der Waals surface area contributed by atoms with Crippen LogP contribution < -0.4 is 16.6 Å². The fourth-order valence-corrected chi connectivity index (χ4v) is 3.54. The summed E-state index contributed by atoms with van der Waals surface area (Å²) in [6.45, 7) is 3.20. The van der Waals surface area contributed by atoms with E-state index >= 15 is 0 Å². The number of hydrogen-bond acceptors (Lipinski definition) is 4. The lowest BCUT2D eigenvalue weighted by Gasteiger charge is -2.08. The minimum absolute atomic E-state index is 0.327. The molecule has 0 amide bonds. The second kappa shape index (κ2) is 6.46. The normalized spacial score (nSPS) is 11.5. The standard InChI is InChI=1S/C19H22N6O2/c1-4-25-15-16(23(2)19(27)24(3)17(15)26)22-18(25)20-10-9-12-11-21-14-8-6-5-7-13(12)14/h5-8,11,21H,4,9-10H2,1-3H3,(H,20,22). The number of para-hydroxylation sites is 1. The second-order valence-corrected chi connectivity index (χ2v) is 6.59. The maximum atomic E-state index is 12.6. The summed E-state index contributed by atoms with van der Waals surface area (Å²) in [5, 5.41) is 4.53. The molecule has 0 radical (unpaired) electrons. The zero-order valence-corrected chi connectivity index (χ0v) is 15.6. The number of imidazole rings is 1. The number of nitrogens with one attached hydrogen (secondary N) is 2. The van der Waals surface area contributed by atoms with Gasteiger partial charge in [-0.2, -0.15) is 4.98 Å². The summed E-state index contributed by atoms with van der Waals surface area (Å²) in [4.78, 5) is 32.5. The van der Waals surface area contributed by atoms with Gasteiger partial charge in [0, 0.05) is 44.3 Å². The molecule has 3 heterocycles. The van der Waals surface area contributed by atoms with E-state index in [1.165, 1.54) is 22.6 Å². The Morgan fingerprint density at radius 3 is 2.70 bits per heavy atom. The Morgan fingerprint density at radius 2 is 1.93 bits per heavy atom. The van der Waals surface area contributed by atoms with E-state index < -0.39 is 0 Å². The van der Waals surface area contributed by atoms with Crippen molar-refractivity contribution in [1.82, 2.24) is 23.7 Å². The van der Waals surface area contributed by atoms with E-state index in [-0.39, 0.29) is 11.2 Å². The molecule has 140 valence electrons. The van der Waals surface area contributed by atoms with Gasteiger partial charge in [0.05, 0.1) is 0 Å². The number of H-pyrrole nitrogens is 1. The zero-order valence-electron chi connectivity index (χ0n) is 15.6. The van der Waals surface area contributed by atoms with Crippen molar-refractivity contribution >= 4 is 28.0 Å². The van der Waals surface area contributed by atoms with Crippen LogP contribution in [0.15, 0.2) is 40.1 Å². The number of anilines is 1. The van der Waals surface area contributed by atoms with Crippen molar-refractivity contribution in [3.8, 4) is 0 Å². The molecule has 0 aliphatic carbocycles. The van der Waals surface area contributed by atoms with E-state index in [4.69, 9.17) is 0 Å². The van der Waals surface area contributed by atoms with E-state index in [0.717, 1.165) is 16.5 Å². The first-order valence-electron chi connectivity index (χ1n) is 8.98. The first-order chi connectivity index (χ1) is 13.0. The Morgan fingerprint density at radius 1 is 1.15 bits per heavy atom. The fraction of sp³-hybridized carbons (Fsp3) is 0.316. The summed E-state index contributed by atoms with van der Waals surface area (Å²) >= 11 is 0. The topological polar surface area (TPSA) is 89.6 Å². The highest BCUT2D eigenvalue weighted by Crippen LogP contribution is 2.19. The number of rotatable bonds is 5. The molecule has 0 aliphatic rings. The van der Waals surface area contributed by atoms with Gasteiger partial charge in [-0.1, -0.05) is 18.2 Å². The molecule has 8 nitrogen and oxygen atoms in total. The van der Waals surface area contributed by atoms with Gasteiger partial charge in [-0.3, -0.25) is 13.9 Å². The van der Waals surface area contributed by atoms with Crippen LogP contribution in [0.3, 0.4) is 0 Å². The van der Waals surface area contributed by atoms with Gasteiger partial charge in [0.1, 0.15) is 0 Å². The van der Waals surface area contributed by atoms with Crippen LogP contribution in [-0.4, -0.2) is 30.2 Å². The van der Waals surface area contributed by atoms with Crippen LogP contribution in [0.1, 0.15) is 12.5 Å². The number of fused-ring (bicyclic) bond motifs is 2. The Balaban J connectivity index is 1.66. The molecular formula is C19H22N6O2. The van der Waals surface area contributed by atoms with E-state index in [9.17, 15) is 9.59 Å². The molecule has 4 aromatic rings. The average Bonchev–Trinajstić information content (AvgIpc) is 3.26. The molecule has 0 fully saturated rings. The molecule has 3 aromatic heterocycles. The molecule has 0 aliphatic heterocycles. The van der Waals surface area contributed by atoms with Crippen molar-refractivity contribution < 1.29 is 0 Å². The van der Waals surface area contributed by atoms with Gasteiger partial charge < -0.3 is 14.9 Å². The third-order valence-corrected chi connectivity index (χ3v) is 5.02. The number of hydrogen-bond donors (Lipinski definition) is 2. The highest BCUT2D eigenvalue weighted by atomic mass is 16.2. The maximum absolute atomic E-state index is 12.6. The van der Waals surface area contributed by atoms with E-state index in [0.29, 0.717) is 30.2 Å². The minimum Gasteiger partial charge on any atom is -0.361 e. The van der Waals surface area contributed by atoms with Crippen molar-refractivity contribution in [2.24, 2.45) is 14.1 Å². The predicted molar refractivity (Wildman–Crippen MR) is 106 cm³/mol. The molecular weight excluding hydrogens is 344 g/mol. The number of aromatic nitrogens is 5. The van der Waals surface area contributed by atoms with Crippen molar-refractivity contribution in [2.45, 2.75) is 19.9 Å². The molecule has 27 heavy (non-hydrogen) atoms. The van der Waals surface area contributed by atoms with Gasteiger partial charge in [-0.05, 0) is 25.0 Å². The SMILES string of the molecule is CCn1c(NCCc2c[nH]c3ccccc23)nc2c1c(=O)n(C)c(=O)n2C. The van der Waals surface area contributed by atoms with Crippen LogP contribution in [0.2, 0.25) is 0 Å². The van der Waals surface area contributed by atoms with Crippen LogP contribution in [-0.2, 0) is 27.1 Å². The molecule has 2 N–H and O–H groups in total. The number of nitrogens with zero attached hydrogens (tertiary/aromatic N) is 4. The summed E-state index contributed by atoms with van der Waals surface area (Å²) < 4.78 is 4.35. The summed E-state index contributed by atoms with van der Waals surface area (Å²) in [6.07, 6.45) is 2.84. The largest absolute Gasteiger partial charge is 0.361 e. The maximum Gasteiger partial charge on any atom is 0.332 e. The first kappa shape index (κ1) is 17.1. The van der Waals surface area contributed by atoms with Gasteiger partial charge in [-0.15, -0.1) is 0 Å². The third kappa shape index (κ3) is 2.64. The van der Waals surface area contributed by atoms with Crippen molar-refractivity contribution in [3.63, 3.8) is 0 Å². The lowest BCUT2D eigenvalue weighted by Crippen LogP contribution is -2.37. The third-order valence-electron chi connectivity index (χ3n) is 5.02. The van der Waals surface area contributed by atoms with Gasteiger partial charge in [0.15, 0.2) is 11.2 Å². The van der Waals surface area contributed by atoms with Gasteiger partial charge in [0.25, 0.3) is 5.56 Å². The highest BCUT2D eigenvalue weighted by Gasteiger charge is 2.18. The number of benzene rings is 1. The van der Waals surface area contributed by atoms with Gasteiger partial charge in [-0.25, -0.2) is 4.79 Å². The van der Waals surface area contributed by atoms with Crippen LogP contribution in [0, 0.1) is 0 Å². The zero-order chi connectivity index (χ0) is 19.1. The lowest BCUT2D eigenvalue weighted by atomic mass is 10.1. The average molecular weight is 366 g/mol. The molecule has 4 rings (SSSR count). The second-order valence-electron chi connectivity index (χ2n) is 6.59. The molecule has 0 saturated heterocycles. The summed E-state index contributed by atoms with van der Waals surface area (Å²) in [5.74, 6) is 0.602. The van der Waals surface area contributed by atoms with Crippen molar-refractivity contribution in [1.29, 1.82) is 0 Å². The van der Waals surface area contributed by atoms with E-state index in [1.54, 1.807) is 7.05 Å². The fourth-order valence-electron chi connectivity index (χ4n) is 3.54. The van der Waals surface area contributed by atoms with Crippen molar-refractivity contribution in [2.75, 3.05) is 11.9 Å². The van der Waals surface area contributed by atoms with E-state index in [2.05, 4.69) is 27.4 Å². The van der Waals surface area contributed by atoms with Crippen LogP contribution in [0.25, 0.3) is 22.1 Å². The molecule has 1 aromatic carbocycles. The van der Waals surface area contributed by atoms with Gasteiger partial charge >= 0.3 is 5.69 Å². The smallest absolute Gasteiger partial charge is 0.332 e. The Labute approximate surface area is 155 Å². The number of aryl methyl sites for hydroxylation is 2. The molecule has 0 atom stereocenters. The molecule has 8 heteroatoms. The molecule has 0 saturated carbocycles. The van der Waals surface area contributed by atoms with Crippen LogP contribution >= 0.6 is 0 Å². The summed E-state index contributed by atoms with van der Waals surface area (Å²) in [7, 11) is 3.12. The number of aromatic amines is 1. The Hall–Kier alpha value is -3.29. The first-order valence-corrected chi connectivity index (χ1v) is 8.98. The minimum atomic E-state index is -0.376. The molecule has 0 unspecified atom stereocenters. The monoisotopic (exact) mass is 366 g/mol. The highest BCUT2D eigenvalue weighted by molar-refractivity contribution is 5.83. The van der Waals surface area contributed by atoms with Crippen LogP contribution in [0.4, 0.5) is 5.95 Å².